The van der Waals surface area contributed by atoms with Crippen LogP contribution in [-0.2, 0) is 10.0 Å². The Morgan fingerprint density at radius 2 is 1.89 bits per heavy atom. The van der Waals surface area contributed by atoms with Gasteiger partial charge in [-0.05, 0) is 18.6 Å². The van der Waals surface area contributed by atoms with Crippen LogP contribution in [0.1, 0.15) is 34.1 Å². The molecule has 7 heteroatoms. The number of fused-ring (bicyclic) bond motifs is 1. The largest absolute Gasteiger partial charge is 0.283 e. The van der Waals surface area contributed by atoms with E-state index >= 15 is 0 Å². The van der Waals surface area contributed by atoms with Gasteiger partial charge in [0.05, 0.1) is 22.6 Å². The molecule has 0 spiro atoms. The van der Waals surface area contributed by atoms with Crippen LogP contribution in [0.3, 0.4) is 0 Å². The molecule has 1 aromatic rings. The van der Waals surface area contributed by atoms with E-state index in [-0.39, 0.29) is 22.6 Å². The lowest BCUT2D eigenvalue weighted by atomic mass is 10.1. The van der Waals surface area contributed by atoms with E-state index in [2.05, 4.69) is 4.72 Å². The van der Waals surface area contributed by atoms with Crippen molar-refractivity contribution in [1.82, 2.24) is 4.90 Å². The first kappa shape index (κ1) is 13.5. The van der Waals surface area contributed by atoms with Crippen molar-refractivity contribution >= 4 is 27.5 Å². The standard InChI is InChI=1S/C12H14N2O4S/c1-3-7-19(17,18)13-9-6-4-5-8-10(9)12(16)14(2)11(8)15/h4-6,13H,3,7H2,1-2H3. The van der Waals surface area contributed by atoms with Crippen molar-refractivity contribution in [2.75, 3.05) is 17.5 Å². The molecule has 2 rings (SSSR count). The molecule has 1 aromatic carbocycles. The maximum absolute atomic E-state index is 11.9. The van der Waals surface area contributed by atoms with Crippen LogP contribution in [0.5, 0.6) is 0 Å². The van der Waals surface area contributed by atoms with Gasteiger partial charge in [-0.1, -0.05) is 13.0 Å². The first-order valence-electron chi connectivity index (χ1n) is 5.83. The molecule has 1 heterocycles. The molecule has 1 N–H and O–H groups in total. The molecule has 0 unspecified atom stereocenters. The number of hydrogen-bond donors (Lipinski definition) is 1. The Hall–Kier alpha value is -1.89. The lowest BCUT2D eigenvalue weighted by Gasteiger charge is -2.10. The highest BCUT2D eigenvalue weighted by Gasteiger charge is 2.35. The minimum atomic E-state index is -3.50. The van der Waals surface area contributed by atoms with Gasteiger partial charge in [-0.25, -0.2) is 8.42 Å². The monoisotopic (exact) mass is 282 g/mol. The summed E-state index contributed by atoms with van der Waals surface area (Å²) in [5, 5.41) is 0. The first-order chi connectivity index (χ1) is 8.87. The summed E-state index contributed by atoms with van der Waals surface area (Å²) < 4.78 is 25.9. The minimum absolute atomic E-state index is 0.0331. The summed E-state index contributed by atoms with van der Waals surface area (Å²) in [4.78, 5) is 24.7. The number of benzene rings is 1. The van der Waals surface area contributed by atoms with Gasteiger partial charge in [0.15, 0.2) is 0 Å². The summed E-state index contributed by atoms with van der Waals surface area (Å²) >= 11 is 0. The summed E-state index contributed by atoms with van der Waals surface area (Å²) in [6.07, 6.45) is 0.469. The molecule has 0 radical (unpaired) electrons. The summed E-state index contributed by atoms with van der Waals surface area (Å²) in [5.41, 5.74) is 0.507. The van der Waals surface area contributed by atoms with E-state index in [1.165, 1.54) is 19.2 Å². The maximum atomic E-state index is 11.9. The first-order valence-corrected chi connectivity index (χ1v) is 7.48. The zero-order valence-corrected chi connectivity index (χ0v) is 11.5. The highest BCUT2D eigenvalue weighted by molar-refractivity contribution is 7.92. The Labute approximate surface area is 111 Å². The molecule has 0 saturated carbocycles. The van der Waals surface area contributed by atoms with Crippen LogP contribution in [0.4, 0.5) is 5.69 Å². The molecule has 2 amide bonds. The number of carbonyl (C=O) groups excluding carboxylic acids is 2. The van der Waals surface area contributed by atoms with Gasteiger partial charge < -0.3 is 0 Å². The van der Waals surface area contributed by atoms with E-state index < -0.39 is 21.8 Å². The van der Waals surface area contributed by atoms with Crippen molar-refractivity contribution in [3.63, 3.8) is 0 Å². The van der Waals surface area contributed by atoms with Crippen molar-refractivity contribution in [1.29, 1.82) is 0 Å². The Kier molecular flexibility index (Phi) is 3.32. The number of carbonyl (C=O) groups is 2. The van der Waals surface area contributed by atoms with Crippen molar-refractivity contribution in [3.05, 3.63) is 29.3 Å². The molecule has 102 valence electrons. The molecule has 19 heavy (non-hydrogen) atoms. The van der Waals surface area contributed by atoms with Gasteiger partial charge in [0.1, 0.15) is 0 Å². The number of nitrogens with zero attached hydrogens (tertiary/aromatic N) is 1. The second-order valence-corrected chi connectivity index (χ2v) is 6.16. The number of nitrogens with one attached hydrogen (secondary N) is 1. The van der Waals surface area contributed by atoms with Crippen LogP contribution in [-0.4, -0.2) is 37.9 Å². The van der Waals surface area contributed by atoms with Gasteiger partial charge >= 0.3 is 0 Å². The average Bonchev–Trinajstić information content (AvgIpc) is 2.55. The van der Waals surface area contributed by atoms with Crippen molar-refractivity contribution in [3.8, 4) is 0 Å². The molecule has 0 fully saturated rings. The Bertz CT molecular complexity index is 652. The molecular formula is C12H14N2O4S. The molecule has 0 saturated heterocycles. The van der Waals surface area contributed by atoms with Gasteiger partial charge in [-0.2, -0.15) is 0 Å². The highest BCUT2D eigenvalue weighted by Crippen LogP contribution is 2.29. The molecule has 0 aromatic heterocycles. The number of hydrogen-bond acceptors (Lipinski definition) is 4. The van der Waals surface area contributed by atoms with Crippen LogP contribution < -0.4 is 4.72 Å². The fourth-order valence-electron chi connectivity index (χ4n) is 1.97. The molecule has 0 bridgehead atoms. The second kappa shape index (κ2) is 4.65. The third-order valence-corrected chi connectivity index (χ3v) is 4.33. The van der Waals surface area contributed by atoms with Gasteiger partial charge in [-0.3, -0.25) is 19.2 Å². The van der Waals surface area contributed by atoms with Gasteiger partial charge in [0.2, 0.25) is 10.0 Å². The van der Waals surface area contributed by atoms with E-state index in [4.69, 9.17) is 0 Å². The minimum Gasteiger partial charge on any atom is -0.283 e. The van der Waals surface area contributed by atoms with Crippen LogP contribution in [0.2, 0.25) is 0 Å². The zero-order chi connectivity index (χ0) is 14.2. The average molecular weight is 282 g/mol. The number of sulfonamides is 1. The highest BCUT2D eigenvalue weighted by atomic mass is 32.2. The maximum Gasteiger partial charge on any atom is 0.263 e. The summed E-state index contributed by atoms with van der Waals surface area (Å²) in [6, 6.07) is 4.54. The summed E-state index contributed by atoms with van der Waals surface area (Å²) in [5.74, 6) is -0.944. The molecule has 1 aliphatic rings. The van der Waals surface area contributed by atoms with E-state index in [1.807, 2.05) is 0 Å². The van der Waals surface area contributed by atoms with Crippen molar-refractivity contribution in [2.24, 2.45) is 0 Å². The van der Waals surface area contributed by atoms with E-state index in [0.717, 1.165) is 4.90 Å². The van der Waals surface area contributed by atoms with Crippen LogP contribution in [0.25, 0.3) is 0 Å². The fourth-order valence-corrected chi connectivity index (χ4v) is 3.12. The molecule has 6 nitrogen and oxygen atoms in total. The quantitative estimate of drug-likeness (QED) is 0.837. The second-order valence-electron chi connectivity index (χ2n) is 4.32. The lowest BCUT2D eigenvalue weighted by Crippen LogP contribution is -2.25. The third kappa shape index (κ3) is 2.33. The van der Waals surface area contributed by atoms with Crippen molar-refractivity contribution in [2.45, 2.75) is 13.3 Å². The molecule has 1 aliphatic heterocycles. The third-order valence-electron chi connectivity index (χ3n) is 2.86. The van der Waals surface area contributed by atoms with Gasteiger partial charge in [0, 0.05) is 7.05 Å². The van der Waals surface area contributed by atoms with E-state index in [9.17, 15) is 18.0 Å². The Balaban J connectivity index is 2.47. The number of rotatable bonds is 4. The number of anilines is 1. The van der Waals surface area contributed by atoms with E-state index in [0.29, 0.717) is 6.42 Å². The number of amides is 2. The van der Waals surface area contributed by atoms with Gasteiger partial charge in [-0.15, -0.1) is 0 Å². The predicted octanol–water partition coefficient (Wildman–Crippen LogP) is 1.06. The smallest absolute Gasteiger partial charge is 0.263 e. The summed E-state index contributed by atoms with van der Waals surface area (Å²) in [6.45, 7) is 1.75. The molecule has 0 aliphatic carbocycles. The Morgan fingerprint density at radius 1 is 1.21 bits per heavy atom. The zero-order valence-electron chi connectivity index (χ0n) is 10.6. The predicted molar refractivity (Wildman–Crippen MR) is 70.6 cm³/mol. The van der Waals surface area contributed by atoms with Crippen LogP contribution in [0, 0.1) is 0 Å². The van der Waals surface area contributed by atoms with Crippen molar-refractivity contribution < 1.29 is 18.0 Å². The van der Waals surface area contributed by atoms with Crippen LogP contribution in [0.15, 0.2) is 18.2 Å². The molecular weight excluding hydrogens is 268 g/mol. The van der Waals surface area contributed by atoms with Crippen LogP contribution >= 0.6 is 0 Å². The lowest BCUT2D eigenvalue weighted by molar-refractivity contribution is 0.0693. The SMILES string of the molecule is CCCS(=O)(=O)Nc1cccc2c1C(=O)N(C)C2=O. The fraction of sp³-hybridized carbons (Fsp3) is 0.333. The normalized spacial score (nSPS) is 14.7. The van der Waals surface area contributed by atoms with Gasteiger partial charge in [0.25, 0.3) is 11.8 Å². The Morgan fingerprint density at radius 3 is 2.53 bits per heavy atom. The summed E-state index contributed by atoms with van der Waals surface area (Å²) in [7, 11) is -2.13. The topological polar surface area (TPSA) is 83.6 Å². The van der Waals surface area contributed by atoms with E-state index in [1.54, 1.807) is 13.0 Å². The molecule has 0 atom stereocenters. The number of imide groups is 1.